The van der Waals surface area contributed by atoms with Gasteiger partial charge in [0.15, 0.2) is 0 Å². The summed E-state index contributed by atoms with van der Waals surface area (Å²) in [6, 6.07) is 23.1. The summed E-state index contributed by atoms with van der Waals surface area (Å²) < 4.78 is 42.4. The second-order valence-electron chi connectivity index (χ2n) is 9.09. The zero-order chi connectivity index (χ0) is 25.0. The Morgan fingerprint density at radius 3 is 2.43 bits per heavy atom. The zero-order valence-electron chi connectivity index (χ0n) is 19.8. The van der Waals surface area contributed by atoms with E-state index in [0.29, 0.717) is 5.56 Å². The maximum Gasteiger partial charge on any atom is 0.416 e. The molecule has 0 saturated carbocycles. The van der Waals surface area contributed by atoms with Gasteiger partial charge in [-0.25, -0.2) is 0 Å². The minimum absolute atomic E-state index is 0.0580. The lowest BCUT2D eigenvalue weighted by molar-refractivity contribution is -0.137. The summed E-state index contributed by atoms with van der Waals surface area (Å²) in [5, 5.41) is 3.98. The molecule has 3 aromatic carbocycles. The largest absolute Gasteiger partial charge is 0.416 e. The Morgan fingerprint density at radius 1 is 0.971 bits per heavy atom. The van der Waals surface area contributed by atoms with Gasteiger partial charge in [-0.05, 0) is 48.6 Å². The van der Waals surface area contributed by atoms with Crippen molar-refractivity contribution < 1.29 is 18.0 Å². The molecule has 0 aliphatic rings. The molecule has 1 aromatic heterocycles. The third kappa shape index (κ3) is 5.94. The first-order valence-electron chi connectivity index (χ1n) is 11.8. The first-order valence-corrected chi connectivity index (χ1v) is 11.8. The molecule has 0 radical (unpaired) electrons. The Labute approximate surface area is 203 Å². The Kier molecular flexibility index (Phi) is 7.29. The number of alkyl halides is 3. The highest BCUT2D eigenvalue weighted by Gasteiger charge is 2.32. The van der Waals surface area contributed by atoms with Crippen molar-refractivity contribution in [1.29, 1.82) is 0 Å². The number of fused-ring (bicyclic) bond motifs is 1. The van der Waals surface area contributed by atoms with Crippen molar-refractivity contribution in [3.05, 3.63) is 107 Å². The number of aromatic nitrogens is 1. The summed E-state index contributed by atoms with van der Waals surface area (Å²) in [6.07, 6.45) is -0.860. The van der Waals surface area contributed by atoms with Crippen molar-refractivity contribution in [3.63, 3.8) is 0 Å². The molecule has 0 saturated heterocycles. The van der Waals surface area contributed by atoms with Crippen LogP contribution in [0.5, 0.6) is 0 Å². The van der Waals surface area contributed by atoms with Crippen LogP contribution >= 0.6 is 0 Å². The van der Waals surface area contributed by atoms with Gasteiger partial charge in [-0.1, -0.05) is 66.7 Å². The Hall–Kier alpha value is -3.54. The van der Waals surface area contributed by atoms with Gasteiger partial charge in [-0.15, -0.1) is 0 Å². The van der Waals surface area contributed by atoms with E-state index < -0.39 is 17.7 Å². The van der Waals surface area contributed by atoms with Gasteiger partial charge < -0.3 is 9.88 Å². The Balaban J connectivity index is 1.59. The number of nitrogens with one attached hydrogen (secondary N) is 1. The molecule has 0 spiro atoms. The molecule has 182 valence electrons. The van der Waals surface area contributed by atoms with Crippen LogP contribution in [-0.2, 0) is 24.4 Å². The van der Waals surface area contributed by atoms with Gasteiger partial charge in [0.1, 0.15) is 0 Å². The number of amides is 1. The van der Waals surface area contributed by atoms with Gasteiger partial charge in [0.05, 0.1) is 5.56 Å². The molecule has 2 unspecified atom stereocenters. The predicted molar refractivity (Wildman–Crippen MR) is 133 cm³/mol. The molecule has 35 heavy (non-hydrogen) atoms. The maximum atomic E-state index is 13.5. The quantitative estimate of drug-likeness (QED) is 0.295. The molecule has 1 heterocycles. The molecule has 0 aliphatic carbocycles. The summed E-state index contributed by atoms with van der Waals surface area (Å²) in [5.74, 6) is -0.689. The standard InChI is InChI=1S/C29H29F3N2O/c1-20(15-16-21-9-4-3-5-10-21)33-28(35)18-25(22-11-8-12-23(17-22)29(30,31)32)26-19-34(2)27-14-7-6-13-24(26)27/h3-14,17,19-20,25H,15-16,18H2,1-2H3,(H,33,35). The maximum absolute atomic E-state index is 13.5. The molecule has 2 atom stereocenters. The van der Waals surface area contributed by atoms with Crippen LogP contribution in [0.15, 0.2) is 85.1 Å². The molecule has 0 aliphatic heterocycles. The van der Waals surface area contributed by atoms with Crippen molar-refractivity contribution in [2.24, 2.45) is 7.05 Å². The van der Waals surface area contributed by atoms with Gasteiger partial charge in [0, 0.05) is 42.5 Å². The van der Waals surface area contributed by atoms with Crippen LogP contribution in [0.1, 0.15) is 47.9 Å². The lowest BCUT2D eigenvalue weighted by Gasteiger charge is -2.20. The number of halogens is 3. The molecule has 4 aromatic rings. The number of nitrogens with zero attached hydrogens (tertiary/aromatic N) is 1. The minimum atomic E-state index is -4.45. The highest BCUT2D eigenvalue weighted by molar-refractivity contribution is 5.86. The second-order valence-corrected chi connectivity index (χ2v) is 9.09. The average Bonchev–Trinajstić information content (AvgIpc) is 3.18. The number of carbonyl (C=O) groups is 1. The van der Waals surface area contributed by atoms with Crippen molar-refractivity contribution >= 4 is 16.8 Å². The van der Waals surface area contributed by atoms with Crippen LogP contribution in [0, 0.1) is 0 Å². The van der Waals surface area contributed by atoms with Crippen molar-refractivity contribution in [3.8, 4) is 0 Å². The van der Waals surface area contributed by atoms with Crippen LogP contribution in [-0.4, -0.2) is 16.5 Å². The topological polar surface area (TPSA) is 34.0 Å². The highest BCUT2D eigenvalue weighted by atomic mass is 19.4. The van der Waals surface area contributed by atoms with Gasteiger partial charge in [0.25, 0.3) is 0 Å². The Bertz CT molecular complexity index is 1290. The van der Waals surface area contributed by atoms with Crippen LogP contribution in [0.3, 0.4) is 0 Å². The molecule has 4 rings (SSSR count). The summed E-state index contributed by atoms with van der Waals surface area (Å²) in [4.78, 5) is 13.1. The fourth-order valence-corrected chi connectivity index (χ4v) is 4.61. The van der Waals surface area contributed by atoms with Crippen LogP contribution in [0.4, 0.5) is 13.2 Å². The SMILES string of the molecule is CC(CCc1ccccc1)NC(=O)CC(c1cccc(C(F)(F)F)c1)c1cn(C)c2ccccc12. The number of para-hydroxylation sites is 1. The monoisotopic (exact) mass is 478 g/mol. The third-order valence-corrected chi connectivity index (χ3v) is 6.43. The summed E-state index contributed by atoms with van der Waals surface area (Å²) in [5.41, 5.74) is 2.77. The second kappa shape index (κ2) is 10.4. The van der Waals surface area contributed by atoms with Crippen molar-refractivity contribution in [1.82, 2.24) is 9.88 Å². The van der Waals surface area contributed by atoms with E-state index in [0.717, 1.165) is 35.4 Å². The molecule has 1 N–H and O–H groups in total. The van der Waals surface area contributed by atoms with E-state index >= 15 is 0 Å². The third-order valence-electron chi connectivity index (χ3n) is 6.43. The molecule has 0 bridgehead atoms. The number of aryl methyl sites for hydroxylation is 2. The lowest BCUT2D eigenvalue weighted by atomic mass is 9.87. The van der Waals surface area contributed by atoms with Crippen LogP contribution < -0.4 is 5.32 Å². The fraction of sp³-hybridized carbons (Fsp3) is 0.276. The van der Waals surface area contributed by atoms with Crippen molar-refractivity contribution in [2.75, 3.05) is 0 Å². The van der Waals surface area contributed by atoms with Crippen molar-refractivity contribution in [2.45, 2.75) is 44.3 Å². The molecular weight excluding hydrogens is 449 g/mol. The molecule has 0 fully saturated rings. The van der Waals surface area contributed by atoms with E-state index in [9.17, 15) is 18.0 Å². The van der Waals surface area contributed by atoms with Gasteiger partial charge in [0.2, 0.25) is 5.91 Å². The number of hydrogen-bond acceptors (Lipinski definition) is 1. The van der Waals surface area contributed by atoms with Crippen LogP contribution in [0.25, 0.3) is 10.9 Å². The number of hydrogen-bond donors (Lipinski definition) is 1. The Morgan fingerprint density at radius 2 is 1.69 bits per heavy atom. The summed E-state index contributed by atoms with van der Waals surface area (Å²) in [6.45, 7) is 1.96. The average molecular weight is 479 g/mol. The molecule has 1 amide bonds. The van der Waals surface area contributed by atoms with E-state index in [2.05, 4.69) is 17.4 Å². The molecule has 3 nitrogen and oxygen atoms in total. The van der Waals surface area contributed by atoms with E-state index in [1.54, 1.807) is 6.07 Å². The van der Waals surface area contributed by atoms with Gasteiger partial charge in [-0.3, -0.25) is 4.79 Å². The predicted octanol–water partition coefficient (Wildman–Crippen LogP) is 6.86. The number of carbonyl (C=O) groups excluding carboxylic acids is 1. The smallest absolute Gasteiger partial charge is 0.354 e. The first kappa shape index (κ1) is 24.6. The number of benzene rings is 3. The molecular formula is C29H29F3N2O. The lowest BCUT2D eigenvalue weighted by Crippen LogP contribution is -2.34. The normalized spacial score (nSPS) is 13.5. The van der Waals surface area contributed by atoms with E-state index in [4.69, 9.17) is 0 Å². The minimum Gasteiger partial charge on any atom is -0.354 e. The molecule has 6 heteroatoms. The van der Waals surface area contributed by atoms with Gasteiger partial charge >= 0.3 is 6.18 Å². The van der Waals surface area contributed by atoms with E-state index in [1.165, 1.54) is 17.7 Å². The summed E-state index contributed by atoms with van der Waals surface area (Å²) in [7, 11) is 1.90. The fourth-order valence-electron chi connectivity index (χ4n) is 4.61. The number of rotatable bonds is 8. The first-order chi connectivity index (χ1) is 16.7. The zero-order valence-corrected chi connectivity index (χ0v) is 19.8. The van der Waals surface area contributed by atoms with E-state index in [1.807, 2.05) is 67.2 Å². The van der Waals surface area contributed by atoms with E-state index in [-0.39, 0.29) is 18.4 Å². The van der Waals surface area contributed by atoms with Gasteiger partial charge in [-0.2, -0.15) is 13.2 Å². The highest BCUT2D eigenvalue weighted by Crippen LogP contribution is 2.37. The summed E-state index contributed by atoms with van der Waals surface area (Å²) >= 11 is 0. The van der Waals surface area contributed by atoms with Crippen LogP contribution in [0.2, 0.25) is 0 Å².